The highest BCUT2D eigenvalue weighted by molar-refractivity contribution is 5.28. The van der Waals surface area contributed by atoms with Crippen molar-refractivity contribution in [2.75, 3.05) is 28.4 Å². The van der Waals surface area contributed by atoms with Crippen LogP contribution in [-0.2, 0) is 18.9 Å². The molecule has 2 atom stereocenters. The first-order valence-corrected chi connectivity index (χ1v) is 7.66. The minimum absolute atomic E-state index is 0.162. The van der Waals surface area contributed by atoms with Crippen LogP contribution in [0.25, 0.3) is 0 Å². The van der Waals surface area contributed by atoms with Gasteiger partial charge in [-0.25, -0.2) is 0 Å². The minimum Gasteiger partial charge on any atom is -0.506 e. The molecule has 136 valence electrons. The third-order valence-corrected chi connectivity index (χ3v) is 4.36. The van der Waals surface area contributed by atoms with E-state index in [-0.39, 0.29) is 11.5 Å². The Bertz CT molecular complexity index is 510. The standard InChI is InChI=1S/2C9H14O3/c2*1-9(12-3)6-4-5-7(11-2)8(9)10/h2*4-5,10H,6H2,1-3H3. The third-order valence-electron chi connectivity index (χ3n) is 4.36. The largest absolute Gasteiger partial charge is 0.506 e. The Kier molecular flexibility index (Phi) is 6.93. The third kappa shape index (κ3) is 4.13. The fraction of sp³-hybridized carbons (Fsp3) is 0.556. The highest BCUT2D eigenvalue weighted by Gasteiger charge is 2.33. The molecule has 2 unspecified atom stereocenters. The van der Waals surface area contributed by atoms with Crippen molar-refractivity contribution in [3.8, 4) is 0 Å². The Balaban J connectivity index is 0.000000240. The molecule has 2 N–H and O–H groups in total. The van der Waals surface area contributed by atoms with Gasteiger partial charge in [0.2, 0.25) is 0 Å². The summed E-state index contributed by atoms with van der Waals surface area (Å²) in [6, 6.07) is 0. The van der Waals surface area contributed by atoms with Gasteiger partial charge in [-0.1, -0.05) is 12.2 Å². The molecule has 0 aromatic rings. The molecule has 0 saturated carbocycles. The van der Waals surface area contributed by atoms with Gasteiger partial charge in [-0.15, -0.1) is 0 Å². The summed E-state index contributed by atoms with van der Waals surface area (Å²) in [5.74, 6) is 1.28. The molecule has 24 heavy (non-hydrogen) atoms. The van der Waals surface area contributed by atoms with Gasteiger partial charge in [0.05, 0.1) is 14.2 Å². The summed E-state index contributed by atoms with van der Waals surface area (Å²) in [5, 5.41) is 19.3. The lowest BCUT2D eigenvalue weighted by Crippen LogP contribution is -2.32. The monoisotopic (exact) mass is 340 g/mol. The van der Waals surface area contributed by atoms with Crippen LogP contribution in [0.2, 0.25) is 0 Å². The Labute approximate surface area is 143 Å². The van der Waals surface area contributed by atoms with Crippen molar-refractivity contribution in [2.45, 2.75) is 37.9 Å². The summed E-state index contributed by atoms with van der Waals surface area (Å²) in [5.41, 5.74) is -1.25. The Morgan fingerprint density at radius 1 is 0.750 bits per heavy atom. The summed E-state index contributed by atoms with van der Waals surface area (Å²) in [6.45, 7) is 3.65. The van der Waals surface area contributed by atoms with E-state index in [1.165, 1.54) is 14.2 Å². The zero-order valence-corrected chi connectivity index (χ0v) is 15.3. The summed E-state index contributed by atoms with van der Waals surface area (Å²) < 4.78 is 20.3. The van der Waals surface area contributed by atoms with E-state index in [4.69, 9.17) is 18.9 Å². The number of hydrogen-bond donors (Lipinski definition) is 2. The van der Waals surface area contributed by atoms with Crippen LogP contribution >= 0.6 is 0 Å². The lowest BCUT2D eigenvalue weighted by Gasteiger charge is -2.29. The van der Waals surface area contributed by atoms with Gasteiger partial charge in [0.25, 0.3) is 0 Å². The number of allylic oxidation sites excluding steroid dienone is 2. The first-order valence-electron chi connectivity index (χ1n) is 7.66. The molecule has 0 aromatic heterocycles. The second kappa shape index (κ2) is 8.26. The number of methoxy groups -OCH3 is 4. The van der Waals surface area contributed by atoms with Crippen molar-refractivity contribution in [3.05, 3.63) is 47.3 Å². The molecule has 0 radical (unpaired) electrons. The van der Waals surface area contributed by atoms with Gasteiger partial charge in [0.15, 0.2) is 23.0 Å². The molecule has 0 fully saturated rings. The van der Waals surface area contributed by atoms with Gasteiger partial charge in [0.1, 0.15) is 11.2 Å². The van der Waals surface area contributed by atoms with E-state index in [0.29, 0.717) is 24.4 Å². The normalized spacial score (nSPS) is 29.2. The van der Waals surface area contributed by atoms with E-state index in [1.807, 2.05) is 26.0 Å². The van der Waals surface area contributed by atoms with E-state index >= 15 is 0 Å². The lowest BCUT2D eigenvalue weighted by molar-refractivity contribution is -0.00184. The maximum Gasteiger partial charge on any atom is 0.166 e. The van der Waals surface area contributed by atoms with Crippen molar-refractivity contribution in [3.63, 3.8) is 0 Å². The van der Waals surface area contributed by atoms with Crippen LogP contribution in [-0.4, -0.2) is 49.9 Å². The minimum atomic E-state index is -0.625. The first-order chi connectivity index (χ1) is 11.3. The Morgan fingerprint density at radius 3 is 1.33 bits per heavy atom. The number of rotatable bonds is 4. The van der Waals surface area contributed by atoms with E-state index < -0.39 is 11.2 Å². The van der Waals surface area contributed by atoms with E-state index in [2.05, 4.69) is 0 Å². The van der Waals surface area contributed by atoms with Gasteiger partial charge in [0, 0.05) is 27.1 Å². The fourth-order valence-electron chi connectivity index (χ4n) is 2.34. The van der Waals surface area contributed by atoms with Crippen LogP contribution in [0.4, 0.5) is 0 Å². The average Bonchev–Trinajstić information content (AvgIpc) is 2.60. The van der Waals surface area contributed by atoms with Crippen molar-refractivity contribution in [1.82, 2.24) is 0 Å². The highest BCUT2D eigenvalue weighted by Crippen LogP contribution is 2.31. The molecule has 2 aliphatic carbocycles. The fourth-order valence-corrected chi connectivity index (χ4v) is 2.34. The van der Waals surface area contributed by atoms with Crippen molar-refractivity contribution in [2.24, 2.45) is 0 Å². The molecule has 0 aliphatic heterocycles. The van der Waals surface area contributed by atoms with E-state index in [9.17, 15) is 10.2 Å². The van der Waals surface area contributed by atoms with Crippen LogP contribution in [0, 0.1) is 0 Å². The van der Waals surface area contributed by atoms with Crippen LogP contribution in [0.15, 0.2) is 47.3 Å². The molecular formula is C18H28O6. The molecule has 0 aromatic carbocycles. The lowest BCUT2D eigenvalue weighted by atomic mass is 9.94. The van der Waals surface area contributed by atoms with E-state index in [0.717, 1.165) is 0 Å². The number of hydrogen-bond acceptors (Lipinski definition) is 6. The predicted molar refractivity (Wildman–Crippen MR) is 91.7 cm³/mol. The summed E-state index contributed by atoms with van der Waals surface area (Å²) in [7, 11) is 6.19. The summed E-state index contributed by atoms with van der Waals surface area (Å²) in [6.07, 6.45) is 8.67. The van der Waals surface area contributed by atoms with E-state index in [1.54, 1.807) is 26.4 Å². The average molecular weight is 340 g/mol. The molecule has 0 saturated heterocycles. The summed E-state index contributed by atoms with van der Waals surface area (Å²) in [4.78, 5) is 0. The zero-order chi connectivity index (χ0) is 18.4. The molecule has 0 spiro atoms. The maximum absolute atomic E-state index is 9.67. The molecule has 6 nitrogen and oxygen atoms in total. The zero-order valence-electron chi connectivity index (χ0n) is 15.3. The quantitative estimate of drug-likeness (QED) is 0.815. The van der Waals surface area contributed by atoms with Crippen molar-refractivity contribution in [1.29, 1.82) is 0 Å². The molecular weight excluding hydrogens is 312 g/mol. The van der Waals surface area contributed by atoms with Gasteiger partial charge in [-0.3, -0.25) is 0 Å². The molecule has 0 heterocycles. The van der Waals surface area contributed by atoms with Gasteiger partial charge in [-0.05, 0) is 26.0 Å². The number of aliphatic hydroxyl groups is 2. The highest BCUT2D eigenvalue weighted by atomic mass is 16.5. The van der Waals surface area contributed by atoms with Gasteiger partial charge in [-0.2, -0.15) is 0 Å². The molecule has 6 heteroatoms. The smallest absolute Gasteiger partial charge is 0.166 e. The molecule has 2 aliphatic rings. The number of aliphatic hydroxyl groups excluding tert-OH is 2. The SMILES string of the molecule is COC1=C(O)C(C)(OC)CC=C1.COC1=C(O)C(C)(OC)CC=C1. The van der Waals surface area contributed by atoms with Crippen molar-refractivity contribution >= 4 is 0 Å². The van der Waals surface area contributed by atoms with Crippen LogP contribution < -0.4 is 0 Å². The maximum atomic E-state index is 9.67. The van der Waals surface area contributed by atoms with Gasteiger partial charge >= 0.3 is 0 Å². The molecule has 0 bridgehead atoms. The molecule has 0 amide bonds. The topological polar surface area (TPSA) is 77.4 Å². The van der Waals surface area contributed by atoms with Gasteiger partial charge < -0.3 is 29.2 Å². The first kappa shape index (κ1) is 20.1. The number of ether oxygens (including phenoxy) is 4. The Hall–Kier alpha value is -1.92. The van der Waals surface area contributed by atoms with Crippen molar-refractivity contribution < 1.29 is 29.2 Å². The molecule has 2 rings (SSSR count). The van der Waals surface area contributed by atoms with Crippen LogP contribution in [0.5, 0.6) is 0 Å². The van der Waals surface area contributed by atoms with Crippen LogP contribution in [0.3, 0.4) is 0 Å². The van der Waals surface area contributed by atoms with Crippen LogP contribution in [0.1, 0.15) is 26.7 Å². The summed E-state index contributed by atoms with van der Waals surface area (Å²) >= 11 is 0. The second-order valence-corrected chi connectivity index (χ2v) is 5.92. The second-order valence-electron chi connectivity index (χ2n) is 5.92. The predicted octanol–water partition coefficient (Wildman–Crippen LogP) is 3.53. The Morgan fingerprint density at radius 2 is 1.08 bits per heavy atom.